The summed E-state index contributed by atoms with van der Waals surface area (Å²) in [4.78, 5) is 18.2. The molecular formula is C20H31NO7. The molecule has 0 spiro atoms. The number of benzene rings is 1. The zero-order chi connectivity index (χ0) is 21.4. The summed E-state index contributed by atoms with van der Waals surface area (Å²) in [5, 5.41) is 18.2. The lowest BCUT2D eigenvalue weighted by Crippen LogP contribution is -2.29. The molecule has 0 saturated carbocycles. The van der Waals surface area contributed by atoms with Crippen LogP contribution in [0.15, 0.2) is 24.3 Å². The van der Waals surface area contributed by atoms with E-state index in [9.17, 15) is 0 Å². The Morgan fingerprint density at radius 2 is 1.82 bits per heavy atom. The molecule has 3 N–H and O–H groups in total. The number of ether oxygens (including phenoxy) is 3. The van der Waals surface area contributed by atoms with Gasteiger partial charge < -0.3 is 29.7 Å². The Kier molecular flexibility index (Phi) is 14.0. The molecule has 0 aromatic heterocycles. The van der Waals surface area contributed by atoms with E-state index in [0.717, 1.165) is 30.0 Å². The number of carbonyl (C=O) groups is 2. The molecule has 0 aliphatic heterocycles. The first kappa shape index (κ1) is 25.4. The van der Waals surface area contributed by atoms with E-state index in [4.69, 9.17) is 34.0 Å². The molecule has 0 radical (unpaired) electrons. The summed E-state index contributed by atoms with van der Waals surface area (Å²) in [6.45, 7) is 8.99. The molecule has 158 valence electrons. The van der Waals surface area contributed by atoms with Crippen molar-refractivity contribution in [2.75, 3.05) is 33.5 Å². The highest BCUT2D eigenvalue weighted by Gasteiger charge is 2.05. The van der Waals surface area contributed by atoms with E-state index in [2.05, 4.69) is 19.2 Å². The first-order valence-electron chi connectivity index (χ1n) is 9.06. The van der Waals surface area contributed by atoms with Crippen LogP contribution in [-0.4, -0.2) is 61.7 Å². The quantitative estimate of drug-likeness (QED) is 0.386. The Labute approximate surface area is 166 Å². The predicted octanol–water partition coefficient (Wildman–Crippen LogP) is 2.67. The van der Waals surface area contributed by atoms with Crippen LogP contribution in [0.3, 0.4) is 0 Å². The van der Waals surface area contributed by atoms with E-state index >= 15 is 0 Å². The monoisotopic (exact) mass is 397 g/mol. The summed E-state index contributed by atoms with van der Waals surface area (Å²) in [6.07, 6.45) is 5.16. The average Bonchev–Trinajstić information content (AvgIpc) is 2.68. The molecule has 1 rings (SSSR count). The van der Waals surface area contributed by atoms with Crippen LogP contribution in [-0.2, 0) is 14.3 Å². The van der Waals surface area contributed by atoms with Gasteiger partial charge in [0.05, 0.1) is 20.3 Å². The van der Waals surface area contributed by atoms with E-state index in [1.165, 1.54) is 0 Å². The van der Waals surface area contributed by atoms with Crippen molar-refractivity contribution in [1.29, 1.82) is 0 Å². The van der Waals surface area contributed by atoms with Crippen LogP contribution in [0.1, 0.15) is 32.8 Å². The number of hydrogen-bond acceptors (Lipinski definition) is 6. The van der Waals surface area contributed by atoms with Gasteiger partial charge in [-0.2, -0.15) is 0 Å². The van der Waals surface area contributed by atoms with E-state index in [0.29, 0.717) is 25.9 Å². The number of hydrogen-bond donors (Lipinski definition) is 3. The molecule has 1 aromatic rings. The average molecular weight is 397 g/mol. The molecule has 0 amide bonds. The van der Waals surface area contributed by atoms with Gasteiger partial charge in [0.15, 0.2) is 11.5 Å². The van der Waals surface area contributed by atoms with Crippen molar-refractivity contribution in [1.82, 2.24) is 5.32 Å². The van der Waals surface area contributed by atoms with E-state index in [-0.39, 0.29) is 0 Å². The van der Waals surface area contributed by atoms with Crippen molar-refractivity contribution < 1.29 is 34.0 Å². The maximum atomic E-state index is 9.10. The standard InChI is InChI=1S/C18H29NO3.C2H2O4/c1-5-7-16-8-9-17(18(14-16)20-4)22-13-12-21-11-10-19-15(3)6-2;3-1(4)2(5)6/h5,7-9,14-15,19H,6,10-13H2,1-4H3;(H,3,4)(H,5,6). The zero-order valence-electron chi connectivity index (χ0n) is 16.9. The molecule has 0 saturated heterocycles. The second kappa shape index (κ2) is 15.5. The van der Waals surface area contributed by atoms with E-state index in [1.54, 1.807) is 7.11 Å². The fraction of sp³-hybridized carbons (Fsp3) is 0.500. The first-order valence-corrected chi connectivity index (χ1v) is 9.06. The van der Waals surface area contributed by atoms with Crippen molar-refractivity contribution in [3.8, 4) is 11.5 Å². The summed E-state index contributed by atoms with van der Waals surface area (Å²) in [5.41, 5.74) is 1.10. The zero-order valence-corrected chi connectivity index (χ0v) is 16.9. The van der Waals surface area contributed by atoms with E-state index in [1.807, 2.05) is 37.3 Å². The third kappa shape index (κ3) is 11.9. The van der Waals surface area contributed by atoms with Crippen molar-refractivity contribution >= 4 is 18.0 Å². The highest BCUT2D eigenvalue weighted by atomic mass is 16.5. The summed E-state index contributed by atoms with van der Waals surface area (Å²) >= 11 is 0. The molecule has 1 unspecified atom stereocenters. The Morgan fingerprint density at radius 3 is 2.36 bits per heavy atom. The van der Waals surface area contributed by atoms with Crippen LogP contribution in [0.5, 0.6) is 11.5 Å². The van der Waals surface area contributed by atoms with Crippen molar-refractivity contribution in [2.45, 2.75) is 33.2 Å². The lowest BCUT2D eigenvalue weighted by molar-refractivity contribution is -0.159. The van der Waals surface area contributed by atoms with Gasteiger partial charge >= 0.3 is 11.9 Å². The van der Waals surface area contributed by atoms with Crippen LogP contribution in [0.2, 0.25) is 0 Å². The smallest absolute Gasteiger partial charge is 0.414 e. The highest BCUT2D eigenvalue weighted by molar-refractivity contribution is 6.27. The molecule has 0 bridgehead atoms. The third-order valence-electron chi connectivity index (χ3n) is 3.57. The second-order valence-corrected chi connectivity index (χ2v) is 5.74. The SMILES string of the molecule is CC=Cc1ccc(OCCOCCNC(C)CC)c(OC)c1.O=C(O)C(=O)O. The minimum Gasteiger partial charge on any atom is -0.493 e. The largest absolute Gasteiger partial charge is 0.493 e. The number of carboxylic acids is 2. The minimum absolute atomic E-state index is 0.517. The van der Waals surface area contributed by atoms with Gasteiger partial charge in [-0.1, -0.05) is 25.1 Å². The molecule has 0 aliphatic rings. The fourth-order valence-corrected chi connectivity index (χ4v) is 1.93. The van der Waals surface area contributed by atoms with Crippen molar-refractivity contribution in [3.05, 3.63) is 29.8 Å². The second-order valence-electron chi connectivity index (χ2n) is 5.74. The molecule has 28 heavy (non-hydrogen) atoms. The number of rotatable bonds is 11. The van der Waals surface area contributed by atoms with Crippen molar-refractivity contribution in [2.24, 2.45) is 0 Å². The summed E-state index contributed by atoms with van der Waals surface area (Å²) < 4.78 is 16.6. The summed E-state index contributed by atoms with van der Waals surface area (Å²) in [7, 11) is 1.65. The van der Waals surface area contributed by atoms with Gasteiger partial charge in [-0.3, -0.25) is 0 Å². The molecule has 8 nitrogen and oxygen atoms in total. The molecule has 0 heterocycles. The number of aliphatic carboxylic acids is 2. The number of nitrogens with one attached hydrogen (secondary N) is 1. The van der Waals surface area contributed by atoms with Gasteiger partial charge in [0.1, 0.15) is 6.61 Å². The summed E-state index contributed by atoms with van der Waals surface area (Å²) in [6, 6.07) is 6.44. The summed E-state index contributed by atoms with van der Waals surface area (Å²) in [5.74, 6) is -2.16. The minimum atomic E-state index is -1.82. The maximum absolute atomic E-state index is 9.10. The normalized spacial score (nSPS) is 11.4. The van der Waals surface area contributed by atoms with Gasteiger partial charge in [-0.25, -0.2) is 9.59 Å². The Morgan fingerprint density at radius 1 is 1.14 bits per heavy atom. The van der Waals surface area contributed by atoms with Gasteiger partial charge in [0.2, 0.25) is 0 Å². The number of methoxy groups -OCH3 is 1. The Bertz CT molecular complexity index is 605. The predicted molar refractivity (Wildman–Crippen MR) is 107 cm³/mol. The molecule has 1 atom stereocenters. The van der Waals surface area contributed by atoms with Crippen molar-refractivity contribution in [3.63, 3.8) is 0 Å². The molecular weight excluding hydrogens is 366 g/mol. The number of carboxylic acid groups (broad SMARTS) is 2. The van der Waals surface area contributed by atoms with Gasteiger partial charge in [-0.15, -0.1) is 0 Å². The van der Waals surface area contributed by atoms with Crippen LogP contribution < -0.4 is 14.8 Å². The Hall–Kier alpha value is -2.58. The van der Waals surface area contributed by atoms with Gasteiger partial charge in [0.25, 0.3) is 0 Å². The lowest BCUT2D eigenvalue weighted by Gasteiger charge is -2.13. The van der Waals surface area contributed by atoms with Crippen LogP contribution in [0.25, 0.3) is 6.08 Å². The lowest BCUT2D eigenvalue weighted by atomic mass is 10.2. The first-order chi connectivity index (χ1) is 13.3. The number of allylic oxidation sites excluding steroid dienone is 1. The Balaban J connectivity index is 0.00000105. The van der Waals surface area contributed by atoms with Crippen LogP contribution in [0, 0.1) is 0 Å². The van der Waals surface area contributed by atoms with Crippen LogP contribution in [0.4, 0.5) is 0 Å². The third-order valence-corrected chi connectivity index (χ3v) is 3.57. The maximum Gasteiger partial charge on any atom is 0.414 e. The molecule has 0 aliphatic carbocycles. The topological polar surface area (TPSA) is 114 Å². The highest BCUT2D eigenvalue weighted by Crippen LogP contribution is 2.28. The van der Waals surface area contributed by atoms with Gasteiger partial charge in [0, 0.05) is 12.6 Å². The van der Waals surface area contributed by atoms with Crippen LogP contribution >= 0.6 is 0 Å². The fourth-order valence-electron chi connectivity index (χ4n) is 1.93. The van der Waals surface area contributed by atoms with Gasteiger partial charge in [-0.05, 0) is 38.0 Å². The molecule has 8 heteroatoms. The molecule has 0 fully saturated rings. The molecule has 1 aromatic carbocycles. The van der Waals surface area contributed by atoms with E-state index < -0.39 is 11.9 Å².